The number of hydrogen-bond donors (Lipinski definition) is 3. The van der Waals surface area contributed by atoms with Crippen molar-refractivity contribution < 1.29 is 14.3 Å². The zero-order valence-corrected chi connectivity index (χ0v) is 20.6. The van der Waals surface area contributed by atoms with E-state index in [0.29, 0.717) is 22.8 Å². The highest BCUT2D eigenvalue weighted by atomic mass is 35.5. The van der Waals surface area contributed by atoms with E-state index < -0.39 is 11.9 Å². The molecule has 3 N–H and O–H groups in total. The van der Waals surface area contributed by atoms with Gasteiger partial charge in [-0.1, -0.05) is 59.6 Å². The Labute approximate surface area is 209 Å². The van der Waals surface area contributed by atoms with Gasteiger partial charge in [0.25, 0.3) is 5.91 Å². The molecular weight excluding hydrogens is 462 g/mol. The number of aryl methyl sites for hydroxylation is 1. The van der Waals surface area contributed by atoms with E-state index in [1.807, 2.05) is 62.5 Å². The van der Waals surface area contributed by atoms with E-state index in [1.54, 1.807) is 31.4 Å². The van der Waals surface area contributed by atoms with Crippen LogP contribution in [-0.4, -0.2) is 29.9 Å². The Morgan fingerprint density at radius 3 is 2.54 bits per heavy atom. The number of para-hydroxylation sites is 1. The van der Waals surface area contributed by atoms with Crippen LogP contribution in [0.1, 0.15) is 40.0 Å². The average molecular weight is 490 g/mol. The first kappa shape index (κ1) is 24.4. The maximum Gasteiger partial charge on any atom is 0.253 e. The van der Waals surface area contributed by atoms with Gasteiger partial charge in [-0.25, -0.2) is 0 Å². The van der Waals surface area contributed by atoms with Gasteiger partial charge in [0, 0.05) is 29.1 Å². The molecule has 2 atom stereocenters. The fourth-order valence-corrected chi connectivity index (χ4v) is 4.42. The fraction of sp³-hybridized carbons (Fsp3) is 0.214. The summed E-state index contributed by atoms with van der Waals surface area (Å²) in [6.45, 7) is 3.88. The van der Waals surface area contributed by atoms with Crippen molar-refractivity contribution in [2.75, 3.05) is 7.11 Å². The highest BCUT2D eigenvalue weighted by molar-refractivity contribution is 6.33. The first-order chi connectivity index (χ1) is 16.9. The van der Waals surface area contributed by atoms with Crippen LogP contribution >= 0.6 is 11.6 Å². The Hall–Kier alpha value is -3.77. The molecule has 1 aromatic heterocycles. The normalized spacial score (nSPS) is 12.7. The molecular formula is C28H28ClN3O3. The lowest BCUT2D eigenvalue weighted by Gasteiger charge is -2.23. The summed E-state index contributed by atoms with van der Waals surface area (Å²) in [6, 6.07) is 19.3. The molecule has 3 aromatic carbocycles. The first-order valence-corrected chi connectivity index (χ1v) is 11.8. The molecule has 1 unspecified atom stereocenters. The van der Waals surface area contributed by atoms with Gasteiger partial charge in [0.15, 0.2) is 0 Å². The number of rotatable bonds is 8. The monoisotopic (exact) mass is 489 g/mol. The van der Waals surface area contributed by atoms with Gasteiger partial charge in [0.05, 0.1) is 23.7 Å². The van der Waals surface area contributed by atoms with Crippen LogP contribution in [-0.2, 0) is 11.2 Å². The van der Waals surface area contributed by atoms with Gasteiger partial charge >= 0.3 is 0 Å². The number of ether oxygens (including phenoxy) is 1. The van der Waals surface area contributed by atoms with Crippen LogP contribution < -0.4 is 15.4 Å². The van der Waals surface area contributed by atoms with E-state index in [-0.39, 0.29) is 11.9 Å². The minimum atomic E-state index is -0.823. The predicted molar refractivity (Wildman–Crippen MR) is 139 cm³/mol. The molecule has 0 fully saturated rings. The zero-order valence-electron chi connectivity index (χ0n) is 19.9. The van der Waals surface area contributed by atoms with E-state index in [1.165, 1.54) is 0 Å². The van der Waals surface area contributed by atoms with Gasteiger partial charge in [-0.3, -0.25) is 9.59 Å². The van der Waals surface area contributed by atoms with Gasteiger partial charge in [-0.05, 0) is 43.7 Å². The molecule has 2 amide bonds. The van der Waals surface area contributed by atoms with Crippen molar-refractivity contribution in [3.63, 3.8) is 0 Å². The maximum atomic E-state index is 13.5. The summed E-state index contributed by atoms with van der Waals surface area (Å²) in [6.07, 6.45) is 2.18. The van der Waals surface area contributed by atoms with E-state index in [4.69, 9.17) is 16.3 Å². The van der Waals surface area contributed by atoms with Crippen molar-refractivity contribution in [1.29, 1.82) is 0 Å². The number of methoxy groups -OCH3 is 1. The second-order valence-corrected chi connectivity index (χ2v) is 8.95. The SMILES string of the molecule is COc1ccc(C)cc1C(C)NC(=O)[C@H](Cc1c[nH]c2ccccc12)NC(=O)c1ccccc1Cl. The van der Waals surface area contributed by atoms with E-state index in [2.05, 4.69) is 15.6 Å². The Bertz CT molecular complexity index is 1360. The molecule has 0 aliphatic carbocycles. The second-order valence-electron chi connectivity index (χ2n) is 8.55. The molecule has 6 nitrogen and oxygen atoms in total. The Morgan fingerprint density at radius 1 is 1.03 bits per heavy atom. The first-order valence-electron chi connectivity index (χ1n) is 11.4. The number of carbonyl (C=O) groups excluding carboxylic acids is 2. The highest BCUT2D eigenvalue weighted by Gasteiger charge is 2.26. The number of aromatic amines is 1. The molecule has 0 saturated heterocycles. The van der Waals surface area contributed by atoms with Gasteiger partial charge in [0.2, 0.25) is 5.91 Å². The number of nitrogens with one attached hydrogen (secondary N) is 3. The third-order valence-corrected chi connectivity index (χ3v) is 6.38. The van der Waals surface area contributed by atoms with Crippen LogP contribution in [0.4, 0.5) is 0 Å². The Kier molecular flexibility index (Phi) is 7.42. The van der Waals surface area contributed by atoms with E-state index in [9.17, 15) is 9.59 Å². The average Bonchev–Trinajstić information content (AvgIpc) is 3.26. The number of halogens is 1. The number of H-pyrrole nitrogens is 1. The number of fused-ring (bicyclic) bond motifs is 1. The molecule has 1 heterocycles. The molecule has 0 aliphatic heterocycles. The van der Waals surface area contributed by atoms with Gasteiger partial charge < -0.3 is 20.4 Å². The largest absolute Gasteiger partial charge is 0.496 e. The molecule has 180 valence electrons. The minimum absolute atomic E-state index is 0.299. The van der Waals surface area contributed by atoms with Crippen molar-refractivity contribution in [3.05, 3.63) is 100 Å². The fourth-order valence-electron chi connectivity index (χ4n) is 4.19. The zero-order chi connectivity index (χ0) is 24.9. The third-order valence-electron chi connectivity index (χ3n) is 6.05. The molecule has 4 aromatic rings. The molecule has 0 bridgehead atoms. The van der Waals surface area contributed by atoms with Gasteiger partial charge in [0.1, 0.15) is 11.8 Å². The van der Waals surface area contributed by atoms with Crippen LogP contribution in [0.25, 0.3) is 10.9 Å². The molecule has 4 rings (SSSR count). The second kappa shape index (κ2) is 10.7. The van der Waals surface area contributed by atoms with Crippen molar-refractivity contribution in [2.24, 2.45) is 0 Å². The number of amides is 2. The van der Waals surface area contributed by atoms with Crippen molar-refractivity contribution in [1.82, 2.24) is 15.6 Å². The number of carbonyl (C=O) groups is 2. The smallest absolute Gasteiger partial charge is 0.253 e. The molecule has 0 aliphatic rings. The summed E-state index contributed by atoms with van der Waals surface area (Å²) in [5.74, 6) is -0.0141. The van der Waals surface area contributed by atoms with Crippen LogP contribution in [0.3, 0.4) is 0 Å². The van der Waals surface area contributed by atoms with E-state index >= 15 is 0 Å². The summed E-state index contributed by atoms with van der Waals surface area (Å²) in [7, 11) is 1.60. The van der Waals surface area contributed by atoms with Crippen molar-refractivity contribution >= 4 is 34.3 Å². The lowest BCUT2D eigenvalue weighted by Crippen LogP contribution is -2.48. The number of aromatic nitrogens is 1. The van der Waals surface area contributed by atoms with Crippen molar-refractivity contribution in [2.45, 2.75) is 32.4 Å². The highest BCUT2D eigenvalue weighted by Crippen LogP contribution is 2.26. The topological polar surface area (TPSA) is 83.2 Å². The third kappa shape index (κ3) is 5.49. The quantitative estimate of drug-likeness (QED) is 0.311. The summed E-state index contributed by atoms with van der Waals surface area (Å²) in [5.41, 5.74) is 4.14. The van der Waals surface area contributed by atoms with Crippen LogP contribution in [0.5, 0.6) is 5.75 Å². The Morgan fingerprint density at radius 2 is 1.77 bits per heavy atom. The van der Waals surface area contributed by atoms with Gasteiger partial charge in [-0.15, -0.1) is 0 Å². The Balaban J connectivity index is 1.61. The summed E-state index contributed by atoms with van der Waals surface area (Å²) < 4.78 is 5.49. The number of hydrogen-bond acceptors (Lipinski definition) is 3. The summed E-state index contributed by atoms with van der Waals surface area (Å²) >= 11 is 6.24. The standard InChI is InChI=1S/C28H28ClN3O3/c1-17-12-13-26(35-3)22(14-17)18(2)31-28(34)25(32-27(33)21-9-4-6-10-23(21)29)15-19-16-30-24-11-7-5-8-20(19)24/h4-14,16,18,25,30H,15H2,1-3H3,(H,31,34)(H,32,33)/t18?,25-/m0/s1. The van der Waals surface area contributed by atoms with Crippen molar-refractivity contribution in [3.8, 4) is 5.75 Å². The molecule has 0 spiro atoms. The summed E-state index contributed by atoms with van der Waals surface area (Å²) in [4.78, 5) is 29.8. The molecule has 35 heavy (non-hydrogen) atoms. The molecule has 0 radical (unpaired) electrons. The maximum absolute atomic E-state index is 13.5. The van der Waals surface area contributed by atoms with E-state index in [0.717, 1.165) is 27.6 Å². The van der Waals surface area contributed by atoms with Crippen LogP contribution in [0.15, 0.2) is 72.9 Å². The molecule has 7 heteroatoms. The minimum Gasteiger partial charge on any atom is -0.496 e. The van der Waals surface area contributed by atoms with Gasteiger partial charge in [-0.2, -0.15) is 0 Å². The summed E-state index contributed by atoms with van der Waals surface area (Å²) in [5, 5.41) is 7.28. The predicted octanol–water partition coefficient (Wildman–Crippen LogP) is 5.36. The van der Waals surface area contributed by atoms with Crippen LogP contribution in [0.2, 0.25) is 5.02 Å². The lowest BCUT2D eigenvalue weighted by atomic mass is 10.0. The lowest BCUT2D eigenvalue weighted by molar-refractivity contribution is -0.123. The molecule has 0 saturated carbocycles. The number of benzene rings is 3. The van der Waals surface area contributed by atoms with Crippen LogP contribution in [0, 0.1) is 6.92 Å².